The molecule has 0 saturated carbocycles. The van der Waals surface area contributed by atoms with Crippen LogP contribution in [0.2, 0.25) is 0 Å². The number of halogens is 1. The average Bonchev–Trinajstić information content (AvgIpc) is 1.35. The van der Waals surface area contributed by atoms with Gasteiger partial charge in [0, 0.05) is 0 Å². The first kappa shape index (κ1) is 6.02. The average molecular weight is 151 g/mol. The fraction of sp³-hybridized carbons (Fsp3) is 0.500. The third-order valence-corrected chi connectivity index (χ3v) is 0.696. The molecule has 0 heterocycles. The van der Waals surface area contributed by atoms with Crippen LogP contribution in [0.5, 0.6) is 0 Å². The quantitative estimate of drug-likeness (QED) is 0.569. The molecule has 0 fully saturated rings. The lowest BCUT2D eigenvalue weighted by molar-refractivity contribution is 0.458. The molecule has 1 N–H and O–H groups in total. The van der Waals surface area contributed by atoms with Gasteiger partial charge in [-0.05, 0) is 28.4 Å². The number of hydrogen-bond donors (Lipinski definition) is 1. The van der Waals surface area contributed by atoms with Gasteiger partial charge in [0.15, 0.2) is 4.67 Å². The van der Waals surface area contributed by atoms with Crippen molar-refractivity contribution in [3.63, 3.8) is 0 Å². The molecule has 0 spiro atoms. The van der Waals surface area contributed by atoms with Crippen LogP contribution in [0.3, 0.4) is 0 Å². The number of hydrogen-bond acceptors (Lipinski definition) is 1. The van der Waals surface area contributed by atoms with Gasteiger partial charge in [0.25, 0.3) is 0 Å². The zero-order valence-electron chi connectivity index (χ0n) is 3.61. The van der Waals surface area contributed by atoms with Crippen LogP contribution in [0, 0.1) is 0 Å². The standard InChI is InChI=1S/C4H7BrO/c1-2-3-4(5)6/h3,6H,2H2,1H3/b4-3+. The van der Waals surface area contributed by atoms with Gasteiger partial charge >= 0.3 is 0 Å². The fourth-order valence-electron chi connectivity index (χ4n) is 0.168. The highest BCUT2D eigenvalue weighted by Crippen LogP contribution is 1.97. The van der Waals surface area contributed by atoms with E-state index in [9.17, 15) is 0 Å². The molecule has 0 amide bonds. The predicted molar refractivity (Wildman–Crippen MR) is 29.9 cm³/mol. The minimum atomic E-state index is 0.227. The van der Waals surface area contributed by atoms with Crippen molar-refractivity contribution >= 4 is 15.9 Å². The molecule has 1 nitrogen and oxygen atoms in total. The minimum Gasteiger partial charge on any atom is -0.502 e. The van der Waals surface area contributed by atoms with Crippen molar-refractivity contribution in [2.45, 2.75) is 13.3 Å². The smallest absolute Gasteiger partial charge is 0.154 e. The van der Waals surface area contributed by atoms with Gasteiger partial charge in [-0.25, -0.2) is 0 Å². The number of rotatable bonds is 1. The van der Waals surface area contributed by atoms with Crippen molar-refractivity contribution in [3.8, 4) is 0 Å². The summed E-state index contributed by atoms with van der Waals surface area (Å²) >= 11 is 2.85. The second-order valence-electron chi connectivity index (χ2n) is 0.935. The van der Waals surface area contributed by atoms with Crippen molar-refractivity contribution < 1.29 is 5.11 Å². The van der Waals surface area contributed by atoms with Crippen molar-refractivity contribution in [1.29, 1.82) is 0 Å². The highest BCUT2D eigenvalue weighted by Gasteiger charge is 1.73. The van der Waals surface area contributed by atoms with E-state index >= 15 is 0 Å². The number of aliphatic hydroxyl groups excluding tert-OH is 1. The van der Waals surface area contributed by atoms with Crippen LogP contribution in [0.15, 0.2) is 10.7 Å². The molecule has 0 atom stereocenters. The second-order valence-corrected chi connectivity index (χ2v) is 1.75. The fourth-order valence-corrected chi connectivity index (χ4v) is 0.492. The summed E-state index contributed by atoms with van der Waals surface area (Å²) in [6.07, 6.45) is 2.55. The Kier molecular flexibility index (Phi) is 3.23. The maximum atomic E-state index is 8.33. The molecule has 0 aliphatic rings. The van der Waals surface area contributed by atoms with Crippen molar-refractivity contribution in [3.05, 3.63) is 10.7 Å². The summed E-state index contributed by atoms with van der Waals surface area (Å²) in [6.45, 7) is 1.96. The lowest BCUT2D eigenvalue weighted by Gasteiger charge is -1.77. The van der Waals surface area contributed by atoms with Gasteiger partial charge < -0.3 is 5.11 Å². The Hall–Kier alpha value is 0.0200. The molecule has 0 rings (SSSR count). The monoisotopic (exact) mass is 150 g/mol. The van der Waals surface area contributed by atoms with E-state index in [0.29, 0.717) is 0 Å². The van der Waals surface area contributed by atoms with Crippen molar-refractivity contribution in [2.75, 3.05) is 0 Å². The zero-order valence-corrected chi connectivity index (χ0v) is 5.20. The van der Waals surface area contributed by atoms with E-state index in [2.05, 4.69) is 15.9 Å². The molecule has 0 unspecified atom stereocenters. The van der Waals surface area contributed by atoms with Crippen LogP contribution in [-0.4, -0.2) is 5.11 Å². The first-order valence-electron chi connectivity index (χ1n) is 1.82. The second kappa shape index (κ2) is 3.22. The maximum Gasteiger partial charge on any atom is 0.154 e. The Morgan fingerprint density at radius 3 is 2.50 bits per heavy atom. The zero-order chi connectivity index (χ0) is 4.99. The SMILES string of the molecule is CC/C=C(/O)Br. The van der Waals surface area contributed by atoms with E-state index in [-0.39, 0.29) is 4.67 Å². The first-order valence-corrected chi connectivity index (χ1v) is 2.61. The lowest BCUT2D eigenvalue weighted by Crippen LogP contribution is -1.59. The van der Waals surface area contributed by atoms with Crippen LogP contribution in [0.25, 0.3) is 0 Å². The molecule has 0 radical (unpaired) electrons. The van der Waals surface area contributed by atoms with E-state index in [1.54, 1.807) is 6.08 Å². The molecule has 6 heavy (non-hydrogen) atoms. The summed E-state index contributed by atoms with van der Waals surface area (Å²) in [5.41, 5.74) is 0. The predicted octanol–water partition coefficient (Wildman–Crippen LogP) is 2.19. The van der Waals surface area contributed by atoms with Gasteiger partial charge in [-0.15, -0.1) is 0 Å². The first-order chi connectivity index (χ1) is 2.77. The van der Waals surface area contributed by atoms with Crippen LogP contribution in [-0.2, 0) is 0 Å². The van der Waals surface area contributed by atoms with Gasteiger partial charge in [0.1, 0.15) is 0 Å². The van der Waals surface area contributed by atoms with Crippen LogP contribution < -0.4 is 0 Å². The number of allylic oxidation sites excluding steroid dienone is 1. The van der Waals surface area contributed by atoms with E-state index < -0.39 is 0 Å². The topological polar surface area (TPSA) is 20.2 Å². The van der Waals surface area contributed by atoms with E-state index in [0.717, 1.165) is 6.42 Å². The van der Waals surface area contributed by atoms with Crippen LogP contribution in [0.4, 0.5) is 0 Å². The molecule has 0 aromatic carbocycles. The molecule has 36 valence electrons. The third kappa shape index (κ3) is 4.02. The van der Waals surface area contributed by atoms with Crippen molar-refractivity contribution in [2.24, 2.45) is 0 Å². The maximum absolute atomic E-state index is 8.33. The molecule has 0 aliphatic carbocycles. The highest BCUT2D eigenvalue weighted by atomic mass is 79.9. The summed E-state index contributed by atoms with van der Waals surface area (Å²) in [6, 6.07) is 0. The Bertz CT molecular complexity index is 54.6. The Morgan fingerprint density at radius 2 is 2.50 bits per heavy atom. The third-order valence-electron chi connectivity index (χ3n) is 0.373. The Labute approximate surface area is 45.8 Å². The molecular formula is C4H7BrO. The molecule has 0 bridgehead atoms. The molecule has 0 aromatic heterocycles. The van der Waals surface area contributed by atoms with Gasteiger partial charge in [-0.3, -0.25) is 0 Å². The molecule has 2 heteroatoms. The van der Waals surface area contributed by atoms with E-state index in [1.165, 1.54) is 0 Å². The minimum absolute atomic E-state index is 0.227. The van der Waals surface area contributed by atoms with Crippen LogP contribution >= 0.6 is 15.9 Å². The van der Waals surface area contributed by atoms with Gasteiger partial charge in [-0.2, -0.15) is 0 Å². The summed E-state index contributed by atoms with van der Waals surface area (Å²) < 4.78 is 0.227. The molecule has 0 saturated heterocycles. The summed E-state index contributed by atoms with van der Waals surface area (Å²) in [4.78, 5) is 0. The summed E-state index contributed by atoms with van der Waals surface area (Å²) in [5.74, 6) is 0. The molecular weight excluding hydrogens is 144 g/mol. The van der Waals surface area contributed by atoms with Gasteiger partial charge in [0.2, 0.25) is 0 Å². The number of aliphatic hydroxyl groups is 1. The molecule has 0 aromatic rings. The van der Waals surface area contributed by atoms with Gasteiger partial charge in [0.05, 0.1) is 0 Å². The summed E-state index contributed by atoms with van der Waals surface area (Å²) in [5, 5.41) is 8.33. The van der Waals surface area contributed by atoms with E-state index in [1.807, 2.05) is 6.92 Å². The van der Waals surface area contributed by atoms with Crippen molar-refractivity contribution in [1.82, 2.24) is 0 Å². The van der Waals surface area contributed by atoms with E-state index in [4.69, 9.17) is 5.11 Å². The highest BCUT2D eigenvalue weighted by molar-refractivity contribution is 9.11. The van der Waals surface area contributed by atoms with Crippen LogP contribution in [0.1, 0.15) is 13.3 Å². The lowest BCUT2D eigenvalue weighted by atomic mass is 10.5. The Balaban J connectivity index is 3.14. The largest absolute Gasteiger partial charge is 0.502 e. The van der Waals surface area contributed by atoms with Gasteiger partial charge in [-0.1, -0.05) is 6.92 Å². The molecule has 0 aliphatic heterocycles. The summed E-state index contributed by atoms with van der Waals surface area (Å²) in [7, 11) is 0. The normalized spacial score (nSPS) is 12.0. The Morgan fingerprint density at radius 1 is 2.00 bits per heavy atom.